The van der Waals surface area contributed by atoms with Gasteiger partial charge >= 0.3 is 5.97 Å². The Morgan fingerprint density at radius 2 is 1.86 bits per heavy atom. The summed E-state index contributed by atoms with van der Waals surface area (Å²) in [6.07, 6.45) is -7.18. The molecular formula is C13H16O8. The summed E-state index contributed by atoms with van der Waals surface area (Å²) in [7, 11) is 0. The van der Waals surface area contributed by atoms with Crippen molar-refractivity contribution in [2.75, 3.05) is 6.61 Å². The second-order valence-corrected chi connectivity index (χ2v) is 4.61. The number of carboxylic acid groups (broad SMARTS) is 1. The molecule has 0 aliphatic carbocycles. The molecule has 0 radical (unpaired) electrons. The van der Waals surface area contributed by atoms with Crippen LogP contribution in [0.15, 0.2) is 24.3 Å². The van der Waals surface area contributed by atoms with Crippen LogP contribution in [0.2, 0.25) is 0 Å². The normalized spacial score (nSPS) is 32.7. The molecule has 1 aromatic carbocycles. The molecule has 1 aliphatic rings. The van der Waals surface area contributed by atoms with Crippen molar-refractivity contribution in [3.63, 3.8) is 0 Å². The maximum atomic E-state index is 11.1. The zero-order valence-electron chi connectivity index (χ0n) is 10.9. The van der Waals surface area contributed by atoms with E-state index in [4.69, 9.17) is 19.7 Å². The highest BCUT2D eigenvalue weighted by atomic mass is 16.7. The zero-order chi connectivity index (χ0) is 15.6. The molecule has 0 saturated carbocycles. The fourth-order valence-corrected chi connectivity index (χ4v) is 2.09. The molecule has 0 bridgehead atoms. The van der Waals surface area contributed by atoms with Crippen LogP contribution in [-0.4, -0.2) is 68.8 Å². The number of aliphatic hydroxyl groups excluding tert-OH is 4. The van der Waals surface area contributed by atoms with E-state index in [1.165, 1.54) is 24.3 Å². The van der Waals surface area contributed by atoms with Crippen molar-refractivity contribution in [3.05, 3.63) is 29.8 Å². The van der Waals surface area contributed by atoms with Crippen LogP contribution in [0, 0.1) is 0 Å². The van der Waals surface area contributed by atoms with E-state index in [1.807, 2.05) is 0 Å². The molecule has 5 atom stereocenters. The molecule has 2 rings (SSSR count). The molecule has 1 fully saturated rings. The second-order valence-electron chi connectivity index (χ2n) is 4.61. The van der Waals surface area contributed by atoms with E-state index < -0.39 is 43.3 Å². The van der Waals surface area contributed by atoms with Crippen molar-refractivity contribution >= 4 is 5.97 Å². The standard InChI is InChI=1S/C13H16O8/c14-5-8-9(15)10(16)11(13(19)21-8)20-7-4-2-1-3-6(7)12(17)18/h1-4,8-11,13-16,19H,5H2,(H,17,18)/t8-,9+,10+,11-,13+/m1/s1. The Labute approximate surface area is 119 Å². The van der Waals surface area contributed by atoms with Gasteiger partial charge in [-0.15, -0.1) is 0 Å². The third kappa shape index (κ3) is 3.14. The van der Waals surface area contributed by atoms with Crippen LogP contribution in [0.5, 0.6) is 5.75 Å². The lowest BCUT2D eigenvalue weighted by molar-refractivity contribution is -0.280. The summed E-state index contributed by atoms with van der Waals surface area (Å²) in [5.74, 6) is -1.31. The lowest BCUT2D eigenvalue weighted by Crippen LogP contribution is -2.60. The fourth-order valence-electron chi connectivity index (χ4n) is 2.09. The lowest BCUT2D eigenvalue weighted by atomic mass is 9.99. The summed E-state index contributed by atoms with van der Waals surface area (Å²) < 4.78 is 10.2. The third-order valence-electron chi connectivity index (χ3n) is 3.22. The first-order valence-corrected chi connectivity index (χ1v) is 6.25. The molecule has 0 spiro atoms. The summed E-state index contributed by atoms with van der Waals surface area (Å²) in [6, 6.07) is 5.68. The number of carboxylic acids is 1. The molecule has 21 heavy (non-hydrogen) atoms. The molecule has 8 nitrogen and oxygen atoms in total. The van der Waals surface area contributed by atoms with Gasteiger partial charge in [-0.3, -0.25) is 0 Å². The van der Waals surface area contributed by atoms with E-state index in [9.17, 15) is 20.1 Å². The molecular weight excluding hydrogens is 284 g/mol. The summed E-state index contributed by atoms with van der Waals surface area (Å²) in [6.45, 7) is -0.590. The van der Waals surface area contributed by atoms with Crippen molar-refractivity contribution in [1.82, 2.24) is 0 Å². The molecule has 0 aromatic heterocycles. The Morgan fingerprint density at radius 1 is 1.19 bits per heavy atom. The molecule has 0 unspecified atom stereocenters. The van der Waals surface area contributed by atoms with E-state index in [0.717, 1.165) is 0 Å². The number of benzene rings is 1. The van der Waals surface area contributed by atoms with Gasteiger partial charge in [-0.2, -0.15) is 0 Å². The fraction of sp³-hybridized carbons (Fsp3) is 0.462. The number of aliphatic hydroxyl groups is 4. The predicted octanol–water partition coefficient (Wildman–Crippen LogP) is -1.44. The van der Waals surface area contributed by atoms with Crippen molar-refractivity contribution < 1.29 is 39.8 Å². The predicted molar refractivity (Wildman–Crippen MR) is 67.8 cm³/mol. The maximum absolute atomic E-state index is 11.1. The van der Waals surface area contributed by atoms with Gasteiger partial charge in [0.2, 0.25) is 0 Å². The lowest BCUT2D eigenvalue weighted by Gasteiger charge is -2.39. The average Bonchev–Trinajstić information content (AvgIpc) is 2.47. The number of hydrogen-bond acceptors (Lipinski definition) is 7. The first-order valence-electron chi connectivity index (χ1n) is 6.25. The van der Waals surface area contributed by atoms with Crippen molar-refractivity contribution in [2.24, 2.45) is 0 Å². The van der Waals surface area contributed by atoms with Gasteiger partial charge in [0, 0.05) is 0 Å². The minimum absolute atomic E-state index is 0.0775. The van der Waals surface area contributed by atoms with Gasteiger partial charge in [-0.05, 0) is 12.1 Å². The van der Waals surface area contributed by atoms with Crippen LogP contribution in [0.4, 0.5) is 0 Å². The number of ether oxygens (including phenoxy) is 2. The average molecular weight is 300 g/mol. The van der Waals surface area contributed by atoms with Crippen molar-refractivity contribution in [1.29, 1.82) is 0 Å². The van der Waals surface area contributed by atoms with Crippen molar-refractivity contribution in [3.8, 4) is 5.75 Å². The van der Waals surface area contributed by atoms with Gasteiger partial charge in [0.15, 0.2) is 12.4 Å². The van der Waals surface area contributed by atoms with E-state index in [1.54, 1.807) is 0 Å². The quantitative estimate of drug-likeness (QED) is 0.456. The van der Waals surface area contributed by atoms with Gasteiger partial charge in [0.1, 0.15) is 29.6 Å². The Hall–Kier alpha value is -1.71. The van der Waals surface area contributed by atoms with E-state index >= 15 is 0 Å². The molecule has 1 aromatic rings. The van der Waals surface area contributed by atoms with Gasteiger partial charge in [0.25, 0.3) is 0 Å². The van der Waals surface area contributed by atoms with Crippen LogP contribution in [-0.2, 0) is 4.74 Å². The van der Waals surface area contributed by atoms with Crippen LogP contribution < -0.4 is 4.74 Å². The highest BCUT2D eigenvalue weighted by Crippen LogP contribution is 2.26. The first-order chi connectivity index (χ1) is 9.95. The maximum Gasteiger partial charge on any atom is 0.339 e. The Morgan fingerprint density at radius 3 is 2.48 bits per heavy atom. The highest BCUT2D eigenvalue weighted by Gasteiger charge is 2.45. The van der Waals surface area contributed by atoms with Crippen molar-refractivity contribution in [2.45, 2.75) is 30.7 Å². The molecule has 5 N–H and O–H groups in total. The van der Waals surface area contributed by atoms with E-state index in [-0.39, 0.29) is 11.3 Å². The zero-order valence-corrected chi connectivity index (χ0v) is 10.9. The van der Waals surface area contributed by atoms with E-state index in [2.05, 4.69) is 0 Å². The summed E-state index contributed by atoms with van der Waals surface area (Å²) in [5, 5.41) is 47.4. The number of hydrogen-bond donors (Lipinski definition) is 5. The van der Waals surface area contributed by atoms with Crippen LogP contribution >= 0.6 is 0 Å². The summed E-state index contributed by atoms with van der Waals surface area (Å²) >= 11 is 0. The SMILES string of the molecule is O=C(O)c1ccccc1O[C@@H]1[C@@H](O)[C@@H](O)[C@@H](CO)O[C@@H]1O. The highest BCUT2D eigenvalue weighted by molar-refractivity contribution is 5.90. The van der Waals surface area contributed by atoms with Crippen LogP contribution in [0.25, 0.3) is 0 Å². The third-order valence-corrected chi connectivity index (χ3v) is 3.22. The monoisotopic (exact) mass is 300 g/mol. The molecule has 1 aliphatic heterocycles. The Kier molecular flexibility index (Phi) is 4.76. The van der Waals surface area contributed by atoms with Gasteiger partial charge < -0.3 is 35.0 Å². The number of para-hydroxylation sites is 1. The number of carbonyl (C=O) groups is 1. The minimum Gasteiger partial charge on any atom is -0.481 e. The Balaban J connectivity index is 2.21. The van der Waals surface area contributed by atoms with Crippen LogP contribution in [0.3, 0.4) is 0 Å². The van der Waals surface area contributed by atoms with E-state index in [0.29, 0.717) is 0 Å². The van der Waals surface area contributed by atoms with Crippen LogP contribution in [0.1, 0.15) is 10.4 Å². The minimum atomic E-state index is -1.62. The number of aromatic carboxylic acids is 1. The number of rotatable bonds is 4. The topological polar surface area (TPSA) is 137 Å². The summed E-state index contributed by atoms with van der Waals surface area (Å²) in [5.41, 5.74) is -0.157. The smallest absolute Gasteiger partial charge is 0.339 e. The van der Waals surface area contributed by atoms with Gasteiger partial charge in [-0.1, -0.05) is 12.1 Å². The Bertz CT molecular complexity index is 505. The first kappa shape index (κ1) is 15.7. The molecule has 116 valence electrons. The molecule has 8 heteroatoms. The summed E-state index contributed by atoms with van der Waals surface area (Å²) in [4.78, 5) is 11.1. The van der Waals surface area contributed by atoms with Gasteiger partial charge in [0.05, 0.1) is 6.61 Å². The molecule has 1 saturated heterocycles. The largest absolute Gasteiger partial charge is 0.481 e. The van der Waals surface area contributed by atoms with Gasteiger partial charge in [-0.25, -0.2) is 4.79 Å². The molecule has 1 heterocycles. The molecule has 0 amide bonds. The second kappa shape index (κ2) is 6.37.